The molecule has 1 aliphatic heterocycles. The smallest absolute Gasteiger partial charge is 0.262 e. The Bertz CT molecular complexity index is 1160. The second-order valence-electron chi connectivity index (χ2n) is 8.84. The van der Waals surface area contributed by atoms with E-state index in [-0.39, 0.29) is 16.7 Å². The number of thioether (sulfide) groups is 1. The summed E-state index contributed by atoms with van der Waals surface area (Å²) in [5.41, 5.74) is 1.88. The average molecular weight is 479 g/mol. The molecule has 1 atom stereocenters. The van der Waals surface area contributed by atoms with Gasteiger partial charge in [-0.05, 0) is 37.6 Å². The third-order valence-electron chi connectivity index (χ3n) is 6.40. The van der Waals surface area contributed by atoms with Crippen LogP contribution in [0.1, 0.15) is 39.5 Å². The highest BCUT2D eigenvalue weighted by Gasteiger charge is 2.27. The highest BCUT2D eigenvalue weighted by atomic mass is 32.2. The number of nitrogens with zero attached hydrogens (tertiary/aromatic N) is 4. The van der Waals surface area contributed by atoms with E-state index in [1.807, 2.05) is 54.3 Å². The van der Waals surface area contributed by atoms with Crippen LogP contribution < -0.4 is 10.5 Å². The van der Waals surface area contributed by atoms with E-state index >= 15 is 0 Å². The predicted octanol–water partition coefficient (Wildman–Crippen LogP) is 4.81. The van der Waals surface area contributed by atoms with Crippen molar-refractivity contribution in [1.29, 1.82) is 0 Å². The Hall–Kier alpha value is -2.80. The molecule has 1 aromatic heterocycles. The molecule has 1 saturated heterocycles. The van der Waals surface area contributed by atoms with E-state index in [2.05, 4.69) is 24.0 Å². The lowest BCUT2D eigenvalue weighted by molar-refractivity contribution is -0.130. The molecule has 1 fully saturated rings. The number of anilines is 1. The molecule has 0 saturated carbocycles. The number of unbranched alkanes of at least 4 members (excludes halogenated alkanes) is 3. The Morgan fingerprint density at radius 3 is 2.41 bits per heavy atom. The standard InChI is InChI=1S/C27H34N4O2S/c1-3-4-5-11-16-31-26(33)23-14-9-10-15-24(23)28-27(31)34-21(2)25(32)30-19-17-29(18-20-30)22-12-7-6-8-13-22/h6-10,12-15,21H,3-5,11,16-20H2,1-2H3. The van der Waals surface area contributed by atoms with E-state index in [4.69, 9.17) is 4.98 Å². The zero-order valence-corrected chi connectivity index (χ0v) is 21.0. The molecule has 180 valence electrons. The van der Waals surface area contributed by atoms with Crippen molar-refractivity contribution in [2.24, 2.45) is 0 Å². The molecule has 1 amide bonds. The summed E-state index contributed by atoms with van der Waals surface area (Å²) < 4.78 is 1.78. The van der Waals surface area contributed by atoms with Gasteiger partial charge in [0.25, 0.3) is 5.56 Å². The lowest BCUT2D eigenvalue weighted by atomic mass is 10.2. The van der Waals surface area contributed by atoms with Crippen LogP contribution in [-0.4, -0.2) is 51.8 Å². The fraction of sp³-hybridized carbons (Fsp3) is 0.444. The van der Waals surface area contributed by atoms with Crippen molar-refractivity contribution < 1.29 is 4.79 Å². The first-order valence-electron chi connectivity index (χ1n) is 12.3. The van der Waals surface area contributed by atoms with Gasteiger partial charge in [-0.1, -0.05) is 68.3 Å². The molecule has 34 heavy (non-hydrogen) atoms. The number of hydrogen-bond donors (Lipinski definition) is 0. The molecule has 1 unspecified atom stereocenters. The third-order valence-corrected chi connectivity index (χ3v) is 7.48. The molecule has 0 bridgehead atoms. The maximum Gasteiger partial charge on any atom is 0.262 e. The van der Waals surface area contributed by atoms with Gasteiger partial charge in [-0.15, -0.1) is 0 Å². The quantitative estimate of drug-likeness (QED) is 0.251. The summed E-state index contributed by atoms with van der Waals surface area (Å²) in [6.45, 7) is 7.79. The SMILES string of the molecule is CCCCCCn1c(SC(C)C(=O)N2CCN(c3ccccc3)CC2)nc2ccccc2c1=O. The highest BCUT2D eigenvalue weighted by molar-refractivity contribution is 8.00. The van der Waals surface area contributed by atoms with E-state index in [9.17, 15) is 9.59 Å². The topological polar surface area (TPSA) is 58.4 Å². The highest BCUT2D eigenvalue weighted by Crippen LogP contribution is 2.25. The maximum absolute atomic E-state index is 13.3. The molecule has 1 aliphatic rings. The Kier molecular flexibility index (Phi) is 8.27. The number of fused-ring (bicyclic) bond motifs is 1. The number of hydrogen-bond acceptors (Lipinski definition) is 5. The van der Waals surface area contributed by atoms with Crippen LogP contribution in [0.4, 0.5) is 5.69 Å². The molecule has 2 heterocycles. The number of carbonyl (C=O) groups is 1. The summed E-state index contributed by atoms with van der Waals surface area (Å²) in [7, 11) is 0. The lowest BCUT2D eigenvalue weighted by Gasteiger charge is -2.37. The minimum absolute atomic E-state index is 0.0132. The van der Waals surface area contributed by atoms with Gasteiger partial charge in [-0.2, -0.15) is 0 Å². The predicted molar refractivity (Wildman–Crippen MR) is 141 cm³/mol. The minimum Gasteiger partial charge on any atom is -0.368 e. The Morgan fingerprint density at radius 2 is 1.68 bits per heavy atom. The van der Waals surface area contributed by atoms with Crippen molar-refractivity contribution in [2.45, 2.75) is 56.5 Å². The van der Waals surface area contributed by atoms with Gasteiger partial charge in [0.15, 0.2) is 5.16 Å². The normalized spacial score (nSPS) is 15.0. The van der Waals surface area contributed by atoms with Crippen LogP contribution in [0.5, 0.6) is 0 Å². The van der Waals surface area contributed by atoms with Crippen LogP contribution in [0.15, 0.2) is 64.5 Å². The van der Waals surface area contributed by atoms with E-state index in [0.717, 1.165) is 38.8 Å². The molecule has 4 rings (SSSR count). The van der Waals surface area contributed by atoms with Gasteiger partial charge in [0, 0.05) is 38.4 Å². The average Bonchev–Trinajstić information content (AvgIpc) is 2.88. The third kappa shape index (κ3) is 5.63. The molecule has 3 aromatic rings. The van der Waals surface area contributed by atoms with Gasteiger partial charge in [0.2, 0.25) is 5.91 Å². The van der Waals surface area contributed by atoms with Crippen LogP contribution in [-0.2, 0) is 11.3 Å². The van der Waals surface area contributed by atoms with Gasteiger partial charge in [0.05, 0.1) is 16.2 Å². The van der Waals surface area contributed by atoms with Crippen LogP contribution in [0.3, 0.4) is 0 Å². The minimum atomic E-state index is -0.307. The fourth-order valence-electron chi connectivity index (χ4n) is 4.42. The first-order chi connectivity index (χ1) is 16.6. The molecule has 7 heteroatoms. The second kappa shape index (κ2) is 11.6. The van der Waals surface area contributed by atoms with Crippen molar-refractivity contribution >= 4 is 34.3 Å². The molecule has 0 spiro atoms. The van der Waals surface area contributed by atoms with E-state index in [1.54, 1.807) is 4.57 Å². The molecule has 6 nitrogen and oxygen atoms in total. The monoisotopic (exact) mass is 478 g/mol. The molecular formula is C27H34N4O2S. The fourth-order valence-corrected chi connectivity index (χ4v) is 5.44. The van der Waals surface area contributed by atoms with Crippen LogP contribution in [0.2, 0.25) is 0 Å². The van der Waals surface area contributed by atoms with Crippen molar-refractivity contribution in [3.63, 3.8) is 0 Å². The first-order valence-corrected chi connectivity index (χ1v) is 13.2. The van der Waals surface area contributed by atoms with Crippen molar-refractivity contribution in [3.05, 3.63) is 65.0 Å². The van der Waals surface area contributed by atoms with E-state index < -0.39 is 0 Å². The summed E-state index contributed by atoms with van der Waals surface area (Å²) in [5, 5.41) is 0.973. The molecule has 0 radical (unpaired) electrons. The van der Waals surface area contributed by atoms with Gasteiger partial charge in [-0.3, -0.25) is 14.2 Å². The number of rotatable bonds is 9. The summed E-state index contributed by atoms with van der Waals surface area (Å²) >= 11 is 1.41. The Morgan fingerprint density at radius 1 is 0.971 bits per heavy atom. The second-order valence-corrected chi connectivity index (χ2v) is 10.1. The Balaban J connectivity index is 1.46. The number of piperazine rings is 1. The van der Waals surface area contributed by atoms with Crippen LogP contribution >= 0.6 is 11.8 Å². The number of aromatic nitrogens is 2. The summed E-state index contributed by atoms with van der Waals surface area (Å²) in [5.74, 6) is 0.109. The Labute approximate surface area is 206 Å². The number of para-hydroxylation sites is 2. The van der Waals surface area contributed by atoms with Crippen LogP contribution in [0.25, 0.3) is 10.9 Å². The molecular weight excluding hydrogens is 444 g/mol. The van der Waals surface area contributed by atoms with Crippen molar-refractivity contribution in [1.82, 2.24) is 14.5 Å². The van der Waals surface area contributed by atoms with Gasteiger partial charge >= 0.3 is 0 Å². The zero-order chi connectivity index (χ0) is 23.9. The first kappa shape index (κ1) is 24.3. The summed E-state index contributed by atoms with van der Waals surface area (Å²) in [6, 6.07) is 17.8. The summed E-state index contributed by atoms with van der Waals surface area (Å²) in [4.78, 5) is 35.6. The van der Waals surface area contributed by atoms with Gasteiger partial charge in [-0.25, -0.2) is 4.98 Å². The largest absolute Gasteiger partial charge is 0.368 e. The molecule has 0 N–H and O–H groups in total. The zero-order valence-electron chi connectivity index (χ0n) is 20.2. The maximum atomic E-state index is 13.3. The summed E-state index contributed by atoms with van der Waals surface area (Å²) in [6.07, 6.45) is 4.32. The van der Waals surface area contributed by atoms with Crippen molar-refractivity contribution in [3.8, 4) is 0 Å². The van der Waals surface area contributed by atoms with Gasteiger partial charge < -0.3 is 9.80 Å². The molecule has 0 aliphatic carbocycles. The number of amides is 1. The van der Waals surface area contributed by atoms with E-state index in [1.165, 1.54) is 17.4 Å². The molecule has 2 aromatic carbocycles. The van der Waals surface area contributed by atoms with E-state index in [0.29, 0.717) is 35.7 Å². The van der Waals surface area contributed by atoms with Gasteiger partial charge in [0.1, 0.15) is 0 Å². The van der Waals surface area contributed by atoms with Crippen molar-refractivity contribution in [2.75, 3.05) is 31.1 Å². The van der Waals surface area contributed by atoms with Crippen LogP contribution in [0, 0.1) is 0 Å². The number of carbonyl (C=O) groups excluding carboxylic acids is 1. The lowest BCUT2D eigenvalue weighted by Crippen LogP contribution is -2.50. The number of benzene rings is 2.